The summed E-state index contributed by atoms with van der Waals surface area (Å²) in [5.41, 5.74) is 3.86. The van der Waals surface area contributed by atoms with E-state index in [1.54, 1.807) is 29.3 Å². The Balaban J connectivity index is 1.42. The molecule has 0 radical (unpaired) electrons. The predicted molar refractivity (Wildman–Crippen MR) is 132 cm³/mol. The molecule has 1 aliphatic rings. The number of nitrogens with two attached hydrogens (primary N) is 2. The van der Waals surface area contributed by atoms with E-state index in [9.17, 15) is 4.79 Å². The number of aromatic nitrogens is 4. The molecular formula is C24H23N9O2. The van der Waals surface area contributed by atoms with E-state index in [2.05, 4.69) is 31.9 Å². The Bertz CT molecular complexity index is 1540. The third kappa shape index (κ3) is 4.22. The number of hydrogen-bond donors (Lipinski definition) is 3. The van der Waals surface area contributed by atoms with Gasteiger partial charge in [0.05, 0.1) is 5.52 Å². The van der Waals surface area contributed by atoms with Crippen LogP contribution in [0.4, 0.5) is 17.3 Å². The van der Waals surface area contributed by atoms with Gasteiger partial charge in [0.25, 0.3) is 5.91 Å². The minimum absolute atomic E-state index is 0.110. The average molecular weight is 470 g/mol. The molecule has 0 bridgehead atoms. The second kappa shape index (κ2) is 8.78. The molecule has 0 aliphatic carbocycles. The van der Waals surface area contributed by atoms with Crippen molar-refractivity contribution in [2.24, 2.45) is 10.9 Å². The zero-order valence-electron chi connectivity index (χ0n) is 19.0. The van der Waals surface area contributed by atoms with Crippen molar-refractivity contribution >= 4 is 34.3 Å². The maximum atomic E-state index is 12.4. The van der Waals surface area contributed by atoms with Crippen LogP contribution in [0, 0.1) is 6.92 Å². The van der Waals surface area contributed by atoms with Crippen LogP contribution in [-0.2, 0) is 4.79 Å². The topological polar surface area (TPSA) is 150 Å². The molecule has 35 heavy (non-hydrogen) atoms. The van der Waals surface area contributed by atoms with Crippen molar-refractivity contribution in [3.63, 3.8) is 0 Å². The van der Waals surface area contributed by atoms with Crippen molar-refractivity contribution in [3.05, 3.63) is 78.2 Å². The summed E-state index contributed by atoms with van der Waals surface area (Å²) in [6, 6.07) is 12.6. The van der Waals surface area contributed by atoms with Gasteiger partial charge in [0, 0.05) is 30.1 Å². The number of ether oxygens (including phenoxy) is 1. The van der Waals surface area contributed by atoms with E-state index in [4.69, 9.17) is 16.4 Å². The van der Waals surface area contributed by atoms with Gasteiger partial charge in [-0.3, -0.25) is 14.4 Å². The molecule has 11 heteroatoms. The van der Waals surface area contributed by atoms with Gasteiger partial charge in [-0.25, -0.2) is 15.0 Å². The van der Waals surface area contributed by atoms with Crippen molar-refractivity contribution < 1.29 is 9.53 Å². The van der Waals surface area contributed by atoms with E-state index >= 15 is 0 Å². The zero-order chi connectivity index (χ0) is 24.5. The molecule has 0 spiro atoms. The first-order valence-corrected chi connectivity index (χ1v) is 10.8. The third-order valence-corrected chi connectivity index (χ3v) is 5.66. The number of rotatable bonds is 5. The van der Waals surface area contributed by atoms with Crippen LogP contribution in [0.3, 0.4) is 0 Å². The van der Waals surface area contributed by atoms with Crippen molar-refractivity contribution in [2.45, 2.75) is 13.3 Å². The molecule has 3 aromatic heterocycles. The number of carbonyl (C=O) groups excluding carboxylic acids is 1. The van der Waals surface area contributed by atoms with Crippen molar-refractivity contribution in [3.8, 4) is 11.5 Å². The molecular weight excluding hydrogens is 446 g/mol. The summed E-state index contributed by atoms with van der Waals surface area (Å²) in [5.74, 6) is 13.3. The molecule has 1 aromatic carbocycles. The molecule has 1 aliphatic heterocycles. The van der Waals surface area contributed by atoms with Crippen molar-refractivity contribution in [2.75, 3.05) is 22.6 Å². The van der Waals surface area contributed by atoms with Crippen LogP contribution in [0.15, 0.2) is 72.2 Å². The lowest BCUT2D eigenvalue weighted by atomic mass is 10.2. The number of benzene rings is 1. The lowest BCUT2D eigenvalue weighted by Crippen LogP contribution is -2.28. The van der Waals surface area contributed by atoms with Crippen LogP contribution in [-0.4, -0.2) is 32.1 Å². The molecule has 0 saturated carbocycles. The molecule has 5 N–H and O–H groups in total. The van der Waals surface area contributed by atoms with Crippen molar-refractivity contribution in [1.82, 2.24) is 19.6 Å². The fraction of sp³-hybridized carbons (Fsp3) is 0.125. The number of amides is 1. The molecule has 0 atom stereocenters. The minimum atomic E-state index is -0.110. The number of hydrogen-bond acceptors (Lipinski definition) is 9. The maximum absolute atomic E-state index is 12.4. The second-order valence-electron chi connectivity index (χ2n) is 8.03. The Kier molecular flexibility index (Phi) is 5.49. The lowest BCUT2D eigenvalue weighted by Gasteiger charge is -2.16. The fourth-order valence-electron chi connectivity index (χ4n) is 3.79. The van der Waals surface area contributed by atoms with E-state index in [1.165, 1.54) is 11.0 Å². The van der Waals surface area contributed by atoms with E-state index < -0.39 is 0 Å². The number of anilines is 3. The second-order valence-corrected chi connectivity index (χ2v) is 8.03. The molecule has 0 unspecified atom stereocenters. The van der Waals surface area contributed by atoms with E-state index in [1.807, 2.05) is 31.2 Å². The highest BCUT2D eigenvalue weighted by Gasteiger charge is 2.26. The summed E-state index contributed by atoms with van der Waals surface area (Å²) in [5, 5.41) is 6.92. The van der Waals surface area contributed by atoms with Gasteiger partial charge in [0.15, 0.2) is 11.3 Å². The largest absolute Gasteiger partial charge is 0.457 e. The summed E-state index contributed by atoms with van der Waals surface area (Å²) in [6.45, 7) is 6.31. The Hall–Kier alpha value is -4.93. The number of nitrogens with zero attached hydrogens (tertiary/aromatic N) is 6. The number of fused-ring (bicyclic) bond motifs is 1. The quantitative estimate of drug-likeness (QED) is 0.229. The van der Waals surface area contributed by atoms with Gasteiger partial charge in [-0.05, 0) is 55.3 Å². The van der Waals surface area contributed by atoms with Gasteiger partial charge < -0.3 is 21.7 Å². The van der Waals surface area contributed by atoms with E-state index in [-0.39, 0.29) is 5.91 Å². The third-order valence-electron chi connectivity index (χ3n) is 5.66. The Morgan fingerprint density at radius 2 is 2.03 bits per heavy atom. The maximum Gasteiger partial charge on any atom is 0.254 e. The summed E-state index contributed by atoms with van der Waals surface area (Å²) >= 11 is 0. The normalized spacial score (nSPS) is 14.1. The minimum Gasteiger partial charge on any atom is -0.457 e. The lowest BCUT2D eigenvalue weighted by molar-refractivity contribution is -0.114. The standard InChI is InChI=1S/C24H23N9O2/c1-14-7-9-32(24(14)34)20-6-4-18-22(30-20)23(28-13-27-18)29-16-3-5-19(15(2)11-16)35-17-8-10-33(26)21(12-17)31-25/h3-6,8,10-13H,1,7,9,25-26H2,2H3,(H,27,28,29)/b31-21-. The summed E-state index contributed by atoms with van der Waals surface area (Å²) < 4.78 is 7.28. The summed E-state index contributed by atoms with van der Waals surface area (Å²) in [4.78, 5) is 27.4. The SMILES string of the molecule is C=C1CCN(c2ccc3ncnc(Nc4ccc(Oc5ccn(N)/c(=N\N)c5)c(C)c4)c3n2)C1=O. The Labute approximate surface area is 200 Å². The molecule has 176 valence electrons. The van der Waals surface area contributed by atoms with E-state index in [0.29, 0.717) is 58.2 Å². The van der Waals surface area contributed by atoms with Gasteiger partial charge in [-0.15, -0.1) is 0 Å². The number of carbonyl (C=O) groups is 1. The first-order valence-electron chi connectivity index (χ1n) is 10.8. The van der Waals surface area contributed by atoms with E-state index in [0.717, 1.165) is 11.3 Å². The number of aryl methyl sites for hydroxylation is 1. The van der Waals surface area contributed by atoms with Crippen LogP contribution in [0.2, 0.25) is 0 Å². The molecule has 1 saturated heterocycles. The molecule has 1 fully saturated rings. The highest BCUT2D eigenvalue weighted by atomic mass is 16.5. The number of nitrogens with one attached hydrogen (secondary N) is 1. The molecule has 1 amide bonds. The molecule has 11 nitrogen and oxygen atoms in total. The monoisotopic (exact) mass is 469 g/mol. The first kappa shape index (κ1) is 21.9. The zero-order valence-corrected chi connectivity index (χ0v) is 19.0. The highest BCUT2D eigenvalue weighted by molar-refractivity contribution is 6.07. The average Bonchev–Trinajstić information content (AvgIpc) is 3.20. The van der Waals surface area contributed by atoms with Crippen molar-refractivity contribution in [1.29, 1.82) is 0 Å². The van der Waals surface area contributed by atoms with Crippen LogP contribution in [0.1, 0.15) is 12.0 Å². The van der Waals surface area contributed by atoms with Gasteiger partial charge >= 0.3 is 0 Å². The van der Waals surface area contributed by atoms with Crippen LogP contribution in [0.5, 0.6) is 11.5 Å². The summed E-state index contributed by atoms with van der Waals surface area (Å²) in [7, 11) is 0. The predicted octanol–water partition coefficient (Wildman–Crippen LogP) is 2.45. The Morgan fingerprint density at radius 3 is 2.77 bits per heavy atom. The molecule has 4 aromatic rings. The van der Waals surface area contributed by atoms with Gasteiger partial charge in [-0.1, -0.05) is 6.58 Å². The number of nitrogen functional groups attached to an aromatic ring is 1. The van der Waals surface area contributed by atoms with Gasteiger partial charge in [0.1, 0.15) is 29.2 Å². The van der Waals surface area contributed by atoms with Gasteiger partial charge in [-0.2, -0.15) is 5.10 Å². The van der Waals surface area contributed by atoms with Crippen LogP contribution >= 0.6 is 0 Å². The highest BCUT2D eigenvalue weighted by Crippen LogP contribution is 2.30. The summed E-state index contributed by atoms with van der Waals surface area (Å²) in [6.07, 6.45) is 3.71. The molecule has 4 heterocycles. The number of pyridine rings is 2. The van der Waals surface area contributed by atoms with Crippen LogP contribution in [0.25, 0.3) is 11.0 Å². The Morgan fingerprint density at radius 1 is 1.17 bits per heavy atom. The van der Waals surface area contributed by atoms with Gasteiger partial charge in [0.2, 0.25) is 0 Å². The smallest absolute Gasteiger partial charge is 0.254 e. The van der Waals surface area contributed by atoms with Crippen LogP contribution < -0.4 is 32.1 Å². The fourth-order valence-corrected chi connectivity index (χ4v) is 3.79. The molecule has 5 rings (SSSR count). The first-order chi connectivity index (χ1) is 16.9.